The number of carbonyl (C=O) groups excluding carboxylic acids is 1. The van der Waals surface area contributed by atoms with Gasteiger partial charge in [0.2, 0.25) is 5.91 Å². The molecule has 1 aliphatic rings. The molecule has 2 aromatic rings. The number of aromatic nitrogens is 3. The average molecular weight is 358 g/mol. The van der Waals surface area contributed by atoms with Crippen LogP contribution in [0.25, 0.3) is 0 Å². The molecule has 0 aromatic carbocycles. The molecule has 0 radical (unpaired) electrons. The van der Waals surface area contributed by atoms with Gasteiger partial charge in [-0.15, -0.1) is 0 Å². The van der Waals surface area contributed by atoms with Crippen molar-refractivity contribution in [1.29, 1.82) is 0 Å². The fraction of sp³-hybridized carbons (Fsp3) is 0.444. The van der Waals surface area contributed by atoms with Gasteiger partial charge >= 0.3 is 5.69 Å². The molecule has 1 aliphatic carbocycles. The predicted octanol–water partition coefficient (Wildman–Crippen LogP) is -0.490. The van der Waals surface area contributed by atoms with E-state index >= 15 is 0 Å². The molecule has 8 heteroatoms. The van der Waals surface area contributed by atoms with Crippen LogP contribution in [0.2, 0.25) is 0 Å². The summed E-state index contributed by atoms with van der Waals surface area (Å²) in [7, 11) is 1.36. The number of aliphatic hydroxyl groups is 1. The number of hydrogen-bond donors (Lipinski definition) is 3. The van der Waals surface area contributed by atoms with Gasteiger partial charge in [0.05, 0.1) is 12.5 Å². The number of pyridine rings is 1. The maximum Gasteiger partial charge on any atom is 0.328 e. The highest BCUT2D eigenvalue weighted by molar-refractivity contribution is 5.78. The zero-order valence-electron chi connectivity index (χ0n) is 14.5. The third kappa shape index (κ3) is 4.08. The average Bonchev–Trinajstić information content (AvgIpc) is 2.60. The number of hydrogen-bond acceptors (Lipinski definition) is 5. The van der Waals surface area contributed by atoms with Crippen LogP contribution in [0.3, 0.4) is 0 Å². The molecule has 0 unspecified atom stereocenters. The first-order valence-electron chi connectivity index (χ1n) is 8.59. The number of nitrogens with zero attached hydrogens (tertiary/aromatic N) is 2. The summed E-state index contributed by atoms with van der Waals surface area (Å²) in [6, 6.07) is 5.45. The molecule has 1 fully saturated rings. The number of H-pyrrole nitrogens is 1. The van der Waals surface area contributed by atoms with Crippen molar-refractivity contribution in [3.05, 3.63) is 62.7 Å². The molecule has 138 valence electrons. The van der Waals surface area contributed by atoms with Gasteiger partial charge < -0.3 is 15.4 Å². The van der Waals surface area contributed by atoms with Crippen molar-refractivity contribution in [2.75, 3.05) is 0 Å². The molecule has 26 heavy (non-hydrogen) atoms. The molecule has 3 N–H and O–H groups in total. The van der Waals surface area contributed by atoms with E-state index in [1.54, 1.807) is 6.20 Å². The molecule has 3 rings (SSSR count). The van der Waals surface area contributed by atoms with Crippen LogP contribution >= 0.6 is 0 Å². The minimum atomic E-state index is -0.518. The molecular formula is C18H22N4O4. The van der Waals surface area contributed by atoms with E-state index in [4.69, 9.17) is 0 Å². The lowest BCUT2D eigenvalue weighted by atomic mass is 9.76. The molecule has 8 nitrogen and oxygen atoms in total. The highest BCUT2D eigenvalue weighted by Gasteiger charge is 2.35. The first-order chi connectivity index (χ1) is 12.4. The summed E-state index contributed by atoms with van der Waals surface area (Å²) in [5.41, 5.74) is 0.0915. The van der Waals surface area contributed by atoms with Gasteiger partial charge in [-0.25, -0.2) is 4.79 Å². The maximum absolute atomic E-state index is 12.5. The Bertz CT molecular complexity index is 884. The zero-order chi connectivity index (χ0) is 18.7. The molecule has 2 aromatic heterocycles. The molecule has 1 saturated carbocycles. The Morgan fingerprint density at radius 2 is 2.19 bits per heavy atom. The van der Waals surface area contributed by atoms with E-state index in [1.807, 2.05) is 18.2 Å². The lowest BCUT2D eigenvalue weighted by Crippen LogP contribution is -2.49. The predicted molar refractivity (Wildman–Crippen MR) is 94.6 cm³/mol. The monoisotopic (exact) mass is 358 g/mol. The summed E-state index contributed by atoms with van der Waals surface area (Å²) in [6.07, 6.45) is 4.38. The van der Waals surface area contributed by atoms with Gasteiger partial charge in [-0.1, -0.05) is 6.07 Å². The smallest absolute Gasteiger partial charge is 0.328 e. The molecule has 1 amide bonds. The topological polar surface area (TPSA) is 117 Å². The number of amides is 1. The van der Waals surface area contributed by atoms with Crippen LogP contribution in [-0.2, 0) is 24.7 Å². The minimum Gasteiger partial charge on any atom is -0.393 e. The molecule has 2 heterocycles. The number of aromatic amines is 1. The summed E-state index contributed by atoms with van der Waals surface area (Å²) >= 11 is 0. The summed E-state index contributed by atoms with van der Waals surface area (Å²) in [5.74, 6) is -0.120. The summed E-state index contributed by atoms with van der Waals surface area (Å²) in [5, 5.41) is 12.6. The minimum absolute atomic E-state index is 0.114. The van der Waals surface area contributed by atoms with Crippen molar-refractivity contribution >= 4 is 5.91 Å². The second-order valence-electron chi connectivity index (χ2n) is 6.74. The molecule has 0 bridgehead atoms. The zero-order valence-corrected chi connectivity index (χ0v) is 14.5. The second-order valence-corrected chi connectivity index (χ2v) is 6.74. The van der Waals surface area contributed by atoms with Crippen LogP contribution in [0.15, 0.2) is 40.2 Å². The molecule has 0 spiro atoms. The number of nitrogens with one attached hydrogen (secondary N) is 2. The van der Waals surface area contributed by atoms with Gasteiger partial charge in [0.15, 0.2) is 0 Å². The Labute approximate surface area is 149 Å². The molecular weight excluding hydrogens is 336 g/mol. The van der Waals surface area contributed by atoms with Crippen LogP contribution in [0, 0.1) is 5.92 Å². The van der Waals surface area contributed by atoms with E-state index < -0.39 is 11.2 Å². The number of rotatable bonds is 6. The van der Waals surface area contributed by atoms with Crippen LogP contribution in [0.5, 0.6) is 0 Å². The normalized spacial score (nSPS) is 20.2. The third-order valence-electron chi connectivity index (χ3n) is 4.83. The largest absolute Gasteiger partial charge is 0.393 e. The van der Waals surface area contributed by atoms with Gasteiger partial charge in [-0.05, 0) is 30.9 Å². The van der Waals surface area contributed by atoms with E-state index in [-0.39, 0.29) is 36.0 Å². The quantitative estimate of drug-likeness (QED) is 0.644. The Kier molecular flexibility index (Phi) is 5.32. The Balaban J connectivity index is 1.70. The maximum atomic E-state index is 12.5. The van der Waals surface area contributed by atoms with Gasteiger partial charge in [0.1, 0.15) is 0 Å². The standard InChI is InChI=1S/C18H22N4O4/c1-22-17(25)12(10-20-18(22)26)8-16(24)21-15(11-6-14(23)7-11)9-13-4-2-3-5-19-13/h2-5,10-11,14-15,23H,6-9H2,1H3,(H,20,26)(H,21,24)/t11?,14?,15-/m1/s1. The first kappa shape index (κ1) is 18.1. The summed E-state index contributed by atoms with van der Waals surface area (Å²) < 4.78 is 0.941. The first-order valence-corrected chi connectivity index (χ1v) is 8.59. The molecule has 0 aliphatic heterocycles. The highest BCUT2D eigenvalue weighted by Crippen LogP contribution is 2.31. The number of carbonyl (C=O) groups is 1. The third-order valence-corrected chi connectivity index (χ3v) is 4.83. The van der Waals surface area contributed by atoms with Crippen LogP contribution < -0.4 is 16.6 Å². The second kappa shape index (κ2) is 7.65. The lowest BCUT2D eigenvalue weighted by Gasteiger charge is -2.38. The SMILES string of the molecule is Cn1c(=O)[nH]cc(CC(=O)N[C@H](Cc2ccccn2)C2CC(O)C2)c1=O. The molecule has 0 saturated heterocycles. The van der Waals surface area contributed by atoms with Crippen molar-refractivity contribution in [3.63, 3.8) is 0 Å². The van der Waals surface area contributed by atoms with E-state index in [0.717, 1.165) is 10.3 Å². The summed E-state index contributed by atoms with van der Waals surface area (Å²) in [4.78, 5) is 42.7. The number of aliphatic hydroxyl groups excluding tert-OH is 1. The Morgan fingerprint density at radius 3 is 2.85 bits per heavy atom. The Morgan fingerprint density at radius 1 is 1.42 bits per heavy atom. The van der Waals surface area contributed by atoms with Crippen LogP contribution in [-0.4, -0.2) is 37.7 Å². The van der Waals surface area contributed by atoms with Crippen LogP contribution in [0.1, 0.15) is 24.1 Å². The van der Waals surface area contributed by atoms with E-state index in [0.29, 0.717) is 19.3 Å². The fourth-order valence-corrected chi connectivity index (χ4v) is 3.21. The van der Waals surface area contributed by atoms with E-state index in [9.17, 15) is 19.5 Å². The Hall–Kier alpha value is -2.74. The summed E-state index contributed by atoms with van der Waals surface area (Å²) in [6.45, 7) is 0. The van der Waals surface area contributed by atoms with E-state index in [1.165, 1.54) is 13.2 Å². The molecule has 1 atom stereocenters. The van der Waals surface area contributed by atoms with Crippen molar-refractivity contribution in [1.82, 2.24) is 19.9 Å². The van der Waals surface area contributed by atoms with Gasteiger partial charge in [-0.2, -0.15) is 0 Å². The lowest BCUT2D eigenvalue weighted by molar-refractivity contribution is -0.122. The van der Waals surface area contributed by atoms with E-state index in [2.05, 4.69) is 15.3 Å². The van der Waals surface area contributed by atoms with Crippen molar-refractivity contribution in [2.24, 2.45) is 13.0 Å². The fourth-order valence-electron chi connectivity index (χ4n) is 3.21. The highest BCUT2D eigenvalue weighted by atomic mass is 16.3. The van der Waals surface area contributed by atoms with Crippen LogP contribution in [0.4, 0.5) is 0 Å². The van der Waals surface area contributed by atoms with Gasteiger partial charge in [-0.3, -0.25) is 19.1 Å². The van der Waals surface area contributed by atoms with Crippen molar-refractivity contribution < 1.29 is 9.90 Å². The van der Waals surface area contributed by atoms with Gasteiger partial charge in [0, 0.05) is 43.2 Å². The van der Waals surface area contributed by atoms with Gasteiger partial charge in [0.25, 0.3) is 5.56 Å². The van der Waals surface area contributed by atoms with Crippen molar-refractivity contribution in [3.8, 4) is 0 Å². The van der Waals surface area contributed by atoms with Crippen molar-refractivity contribution in [2.45, 2.75) is 37.8 Å².